The predicted molar refractivity (Wildman–Crippen MR) is 57.8 cm³/mol. The van der Waals surface area contributed by atoms with Gasteiger partial charge in [-0.05, 0) is 23.8 Å². The maximum Gasteiger partial charge on any atom is 0.326 e. The number of phenolic OH excluding ortho intramolecular Hbond substituents is 1. The molecule has 0 bridgehead atoms. The van der Waals surface area contributed by atoms with Crippen LogP contribution < -0.4 is 10.6 Å². The quantitative estimate of drug-likeness (QED) is 0.509. The van der Waals surface area contributed by atoms with Gasteiger partial charge in [0.15, 0.2) is 0 Å². The first-order valence-electron chi connectivity index (χ1n) is 4.39. The lowest BCUT2D eigenvalue weighted by Crippen LogP contribution is -2.22. The molecule has 0 aromatic heterocycles. The molecule has 1 aromatic carbocycles. The number of nitrogens with one attached hydrogen (secondary N) is 2. The van der Waals surface area contributed by atoms with Crippen molar-refractivity contribution < 1.29 is 14.7 Å². The molecule has 0 saturated carbocycles. The van der Waals surface area contributed by atoms with Crippen LogP contribution in [0.3, 0.4) is 0 Å². The molecule has 2 rings (SSSR count). The van der Waals surface area contributed by atoms with Gasteiger partial charge in [0, 0.05) is 0 Å². The molecule has 0 aliphatic carbocycles. The van der Waals surface area contributed by atoms with Gasteiger partial charge in [-0.25, -0.2) is 4.79 Å². The molecule has 82 valence electrons. The summed E-state index contributed by atoms with van der Waals surface area (Å²) in [4.78, 5) is 22.0. The van der Waals surface area contributed by atoms with Gasteiger partial charge in [-0.1, -0.05) is 17.7 Å². The van der Waals surface area contributed by atoms with E-state index in [-0.39, 0.29) is 16.5 Å². The molecule has 0 radical (unpaired) electrons. The molecule has 1 aromatic rings. The van der Waals surface area contributed by atoms with Crippen molar-refractivity contribution in [2.24, 2.45) is 0 Å². The number of rotatable bonds is 1. The number of imide groups is 1. The maximum atomic E-state index is 11.2. The molecule has 3 N–H and O–H groups in total. The standard InChI is InChI=1S/C10H7ClN2O3/c11-6-3-5(1-2-8(6)14)4-7-9(15)13-10(16)12-7/h1-4,14H,(H2,12,13,15,16)/b7-4-. The summed E-state index contributed by atoms with van der Waals surface area (Å²) < 4.78 is 0. The van der Waals surface area contributed by atoms with Crippen LogP contribution in [0.2, 0.25) is 5.02 Å². The van der Waals surface area contributed by atoms with Crippen LogP contribution in [0.15, 0.2) is 23.9 Å². The van der Waals surface area contributed by atoms with Gasteiger partial charge in [0.2, 0.25) is 0 Å². The Morgan fingerprint density at radius 1 is 1.25 bits per heavy atom. The molecule has 0 spiro atoms. The Labute approximate surface area is 95.7 Å². The molecular formula is C10H7ClN2O3. The number of aromatic hydroxyl groups is 1. The predicted octanol–water partition coefficient (Wildman–Crippen LogP) is 1.23. The molecule has 1 fully saturated rings. The first-order chi connectivity index (χ1) is 7.56. The zero-order valence-corrected chi connectivity index (χ0v) is 8.71. The van der Waals surface area contributed by atoms with Crippen LogP contribution in [0.1, 0.15) is 5.56 Å². The van der Waals surface area contributed by atoms with E-state index >= 15 is 0 Å². The van der Waals surface area contributed by atoms with Crippen molar-refractivity contribution in [3.8, 4) is 5.75 Å². The fraction of sp³-hybridized carbons (Fsp3) is 0. The fourth-order valence-electron chi connectivity index (χ4n) is 1.26. The highest BCUT2D eigenvalue weighted by Gasteiger charge is 2.22. The summed E-state index contributed by atoms with van der Waals surface area (Å²) in [5, 5.41) is 13.8. The number of hydrogen-bond donors (Lipinski definition) is 3. The van der Waals surface area contributed by atoms with E-state index in [2.05, 4.69) is 10.6 Å². The van der Waals surface area contributed by atoms with Gasteiger partial charge in [0.25, 0.3) is 5.91 Å². The number of amides is 3. The van der Waals surface area contributed by atoms with E-state index in [1.807, 2.05) is 0 Å². The lowest BCUT2D eigenvalue weighted by molar-refractivity contribution is -0.115. The zero-order valence-electron chi connectivity index (χ0n) is 7.95. The molecule has 1 heterocycles. The van der Waals surface area contributed by atoms with Gasteiger partial charge in [-0.15, -0.1) is 0 Å². The van der Waals surface area contributed by atoms with Gasteiger partial charge in [-0.3, -0.25) is 10.1 Å². The summed E-state index contributed by atoms with van der Waals surface area (Å²) in [6, 6.07) is 3.91. The molecule has 16 heavy (non-hydrogen) atoms. The topological polar surface area (TPSA) is 78.4 Å². The number of carbonyl (C=O) groups excluding carboxylic acids is 2. The van der Waals surface area contributed by atoms with Crippen LogP contribution in [0.25, 0.3) is 6.08 Å². The third-order valence-corrected chi connectivity index (χ3v) is 2.31. The van der Waals surface area contributed by atoms with E-state index in [0.717, 1.165) is 0 Å². The Hall–Kier alpha value is -2.01. The van der Waals surface area contributed by atoms with E-state index in [9.17, 15) is 14.7 Å². The maximum absolute atomic E-state index is 11.2. The number of benzene rings is 1. The third-order valence-electron chi connectivity index (χ3n) is 2.00. The van der Waals surface area contributed by atoms with Crippen molar-refractivity contribution in [1.82, 2.24) is 10.6 Å². The molecule has 0 unspecified atom stereocenters. The van der Waals surface area contributed by atoms with Crippen LogP contribution in [-0.2, 0) is 4.79 Å². The number of carbonyl (C=O) groups is 2. The monoisotopic (exact) mass is 238 g/mol. The van der Waals surface area contributed by atoms with E-state index in [4.69, 9.17) is 11.6 Å². The molecule has 1 saturated heterocycles. The fourth-order valence-corrected chi connectivity index (χ4v) is 1.45. The Balaban J connectivity index is 2.32. The van der Waals surface area contributed by atoms with E-state index < -0.39 is 11.9 Å². The van der Waals surface area contributed by atoms with Crippen LogP contribution in [0.4, 0.5) is 4.79 Å². The highest BCUT2D eigenvalue weighted by molar-refractivity contribution is 6.32. The first-order valence-corrected chi connectivity index (χ1v) is 4.76. The van der Waals surface area contributed by atoms with Gasteiger partial charge in [0.05, 0.1) is 5.02 Å². The lowest BCUT2D eigenvalue weighted by atomic mass is 10.2. The van der Waals surface area contributed by atoms with Crippen LogP contribution in [0, 0.1) is 0 Å². The Morgan fingerprint density at radius 3 is 2.56 bits per heavy atom. The van der Waals surface area contributed by atoms with Crippen molar-refractivity contribution in [3.05, 3.63) is 34.5 Å². The molecule has 1 aliphatic heterocycles. The van der Waals surface area contributed by atoms with E-state index in [1.165, 1.54) is 18.2 Å². The second-order valence-corrected chi connectivity index (χ2v) is 3.58. The molecule has 5 nitrogen and oxygen atoms in total. The van der Waals surface area contributed by atoms with Gasteiger partial charge >= 0.3 is 6.03 Å². The Morgan fingerprint density at radius 2 is 2.00 bits per heavy atom. The number of hydrogen-bond acceptors (Lipinski definition) is 3. The summed E-state index contributed by atoms with van der Waals surface area (Å²) in [6.07, 6.45) is 1.46. The van der Waals surface area contributed by atoms with Gasteiger partial charge < -0.3 is 10.4 Å². The molecule has 3 amide bonds. The first kappa shape index (κ1) is 10.5. The smallest absolute Gasteiger partial charge is 0.326 e. The van der Waals surface area contributed by atoms with Crippen LogP contribution in [-0.4, -0.2) is 17.0 Å². The Kier molecular flexibility index (Phi) is 2.54. The largest absolute Gasteiger partial charge is 0.506 e. The molecular weight excluding hydrogens is 232 g/mol. The summed E-state index contributed by atoms with van der Waals surface area (Å²) in [5.74, 6) is -0.530. The highest BCUT2D eigenvalue weighted by Crippen LogP contribution is 2.24. The number of halogens is 1. The van der Waals surface area contributed by atoms with Crippen molar-refractivity contribution in [2.45, 2.75) is 0 Å². The number of urea groups is 1. The second-order valence-electron chi connectivity index (χ2n) is 3.18. The minimum Gasteiger partial charge on any atom is -0.506 e. The summed E-state index contributed by atoms with van der Waals surface area (Å²) in [7, 11) is 0. The SMILES string of the molecule is O=C1NC(=O)/C(=C/c2ccc(O)c(Cl)c2)N1. The van der Waals surface area contributed by atoms with Gasteiger partial charge in [-0.2, -0.15) is 0 Å². The average Bonchev–Trinajstić information content (AvgIpc) is 2.51. The van der Waals surface area contributed by atoms with Crippen molar-refractivity contribution in [2.75, 3.05) is 0 Å². The summed E-state index contributed by atoms with van der Waals surface area (Å²) >= 11 is 5.70. The number of phenols is 1. The van der Waals surface area contributed by atoms with E-state index in [1.54, 1.807) is 6.07 Å². The zero-order chi connectivity index (χ0) is 11.7. The Bertz CT molecular complexity index is 511. The molecule has 1 aliphatic rings. The summed E-state index contributed by atoms with van der Waals surface area (Å²) in [6.45, 7) is 0. The van der Waals surface area contributed by atoms with Crippen molar-refractivity contribution in [3.63, 3.8) is 0 Å². The normalized spacial score (nSPS) is 17.4. The summed E-state index contributed by atoms with van der Waals surface area (Å²) in [5.41, 5.74) is 0.752. The molecule has 6 heteroatoms. The lowest BCUT2D eigenvalue weighted by Gasteiger charge is -1.99. The minimum absolute atomic E-state index is 0.0382. The van der Waals surface area contributed by atoms with Crippen molar-refractivity contribution >= 4 is 29.6 Å². The minimum atomic E-state index is -0.555. The highest BCUT2D eigenvalue weighted by atomic mass is 35.5. The van der Waals surface area contributed by atoms with Crippen molar-refractivity contribution in [1.29, 1.82) is 0 Å². The molecule has 0 atom stereocenters. The van der Waals surface area contributed by atoms with E-state index in [0.29, 0.717) is 5.56 Å². The van der Waals surface area contributed by atoms with Crippen LogP contribution >= 0.6 is 11.6 Å². The second kappa shape index (κ2) is 3.86. The van der Waals surface area contributed by atoms with Crippen LogP contribution in [0.5, 0.6) is 5.75 Å². The average molecular weight is 239 g/mol. The third kappa shape index (κ3) is 1.99. The van der Waals surface area contributed by atoms with Gasteiger partial charge in [0.1, 0.15) is 11.4 Å².